The van der Waals surface area contributed by atoms with Gasteiger partial charge < -0.3 is 10.2 Å². The highest BCUT2D eigenvalue weighted by molar-refractivity contribution is 7.90. The molecule has 2 fully saturated rings. The highest BCUT2D eigenvalue weighted by Crippen LogP contribution is 2.28. The summed E-state index contributed by atoms with van der Waals surface area (Å²) in [7, 11) is -1.91. The number of likely N-dealkylation sites (tertiary alicyclic amines) is 1. The van der Waals surface area contributed by atoms with Crippen molar-refractivity contribution in [3.05, 3.63) is 24.3 Å². The molecule has 7 heteroatoms. The number of nitrogens with zero attached hydrogens (tertiary/aromatic N) is 2. The minimum absolute atomic E-state index is 0.0525. The summed E-state index contributed by atoms with van der Waals surface area (Å²) in [6.45, 7) is 0.825. The average Bonchev–Trinajstić information content (AvgIpc) is 3.20. The van der Waals surface area contributed by atoms with E-state index in [1.807, 2.05) is 11.9 Å². The van der Waals surface area contributed by atoms with E-state index in [2.05, 4.69) is 9.71 Å². The van der Waals surface area contributed by atoms with Gasteiger partial charge in [-0.1, -0.05) is 18.9 Å². The quantitative estimate of drug-likeness (QED) is 0.872. The Kier molecular flexibility index (Phi) is 5.42. The topological polar surface area (TPSA) is 78.8 Å². The molecule has 0 spiro atoms. The monoisotopic (exact) mass is 363 g/mol. The SMILES string of the molecule is CN1CCC/C1=N\S(=O)(=O)c1cccc(NC(=O)CC2CCCC2)c1. The van der Waals surface area contributed by atoms with E-state index in [0.717, 1.165) is 25.8 Å². The third kappa shape index (κ3) is 4.60. The minimum atomic E-state index is -3.76. The Morgan fingerprint density at radius 1 is 1.28 bits per heavy atom. The molecule has 0 bridgehead atoms. The van der Waals surface area contributed by atoms with Crippen LogP contribution in [0.5, 0.6) is 0 Å². The number of anilines is 1. The van der Waals surface area contributed by atoms with Crippen molar-refractivity contribution >= 4 is 27.5 Å². The number of nitrogens with one attached hydrogen (secondary N) is 1. The van der Waals surface area contributed by atoms with Crippen molar-refractivity contribution in [3.63, 3.8) is 0 Å². The van der Waals surface area contributed by atoms with Crippen LogP contribution < -0.4 is 5.32 Å². The van der Waals surface area contributed by atoms with Gasteiger partial charge in [0.15, 0.2) is 0 Å². The molecule has 1 aromatic rings. The summed E-state index contributed by atoms with van der Waals surface area (Å²) in [6, 6.07) is 6.35. The Morgan fingerprint density at radius 3 is 2.72 bits per heavy atom. The zero-order chi connectivity index (χ0) is 17.9. The van der Waals surface area contributed by atoms with Crippen molar-refractivity contribution in [2.24, 2.45) is 10.3 Å². The highest BCUT2D eigenvalue weighted by atomic mass is 32.2. The second kappa shape index (κ2) is 7.56. The first-order chi connectivity index (χ1) is 11.9. The molecule has 3 rings (SSSR count). The number of rotatable bonds is 5. The fourth-order valence-corrected chi connectivity index (χ4v) is 4.66. The second-order valence-electron chi connectivity index (χ2n) is 6.94. The van der Waals surface area contributed by atoms with Gasteiger partial charge in [-0.2, -0.15) is 8.42 Å². The Bertz CT molecular complexity index is 768. The molecular weight excluding hydrogens is 338 g/mol. The summed E-state index contributed by atoms with van der Waals surface area (Å²) < 4.78 is 29.0. The number of hydrogen-bond donors (Lipinski definition) is 1. The number of benzene rings is 1. The molecule has 1 aliphatic heterocycles. The summed E-state index contributed by atoms with van der Waals surface area (Å²) in [5, 5.41) is 2.82. The van der Waals surface area contributed by atoms with Gasteiger partial charge in [-0.25, -0.2) is 0 Å². The summed E-state index contributed by atoms with van der Waals surface area (Å²) in [6.07, 6.45) is 6.69. The van der Waals surface area contributed by atoms with Crippen LogP contribution in [0.25, 0.3) is 0 Å². The van der Waals surface area contributed by atoms with Crippen LogP contribution in [-0.4, -0.2) is 38.7 Å². The zero-order valence-corrected chi connectivity index (χ0v) is 15.4. The van der Waals surface area contributed by atoms with E-state index in [1.165, 1.54) is 25.0 Å². The predicted molar refractivity (Wildman–Crippen MR) is 98.1 cm³/mol. The molecular formula is C18H25N3O3S. The largest absolute Gasteiger partial charge is 0.362 e. The number of hydrogen-bond acceptors (Lipinski definition) is 3. The lowest BCUT2D eigenvalue weighted by Gasteiger charge is -2.12. The molecule has 1 heterocycles. The van der Waals surface area contributed by atoms with Crippen LogP contribution in [0.15, 0.2) is 33.6 Å². The van der Waals surface area contributed by atoms with Crippen molar-refractivity contribution in [1.29, 1.82) is 0 Å². The predicted octanol–water partition coefficient (Wildman–Crippen LogP) is 3.02. The lowest BCUT2D eigenvalue weighted by molar-refractivity contribution is -0.117. The van der Waals surface area contributed by atoms with Gasteiger partial charge >= 0.3 is 0 Å². The first-order valence-corrected chi connectivity index (χ1v) is 10.3. The van der Waals surface area contributed by atoms with Gasteiger partial charge in [0.1, 0.15) is 5.84 Å². The molecule has 1 saturated carbocycles. The van der Waals surface area contributed by atoms with Crippen LogP contribution in [0.2, 0.25) is 0 Å². The van der Waals surface area contributed by atoms with Crippen LogP contribution in [0.4, 0.5) is 5.69 Å². The van der Waals surface area contributed by atoms with Gasteiger partial charge in [0.25, 0.3) is 10.0 Å². The molecule has 25 heavy (non-hydrogen) atoms. The molecule has 2 aliphatic rings. The molecule has 1 amide bonds. The second-order valence-corrected chi connectivity index (χ2v) is 8.54. The molecule has 136 valence electrons. The van der Waals surface area contributed by atoms with Crippen LogP contribution in [0.3, 0.4) is 0 Å². The van der Waals surface area contributed by atoms with Crippen molar-refractivity contribution in [3.8, 4) is 0 Å². The summed E-state index contributed by atoms with van der Waals surface area (Å²) in [5.41, 5.74) is 0.504. The highest BCUT2D eigenvalue weighted by Gasteiger charge is 2.21. The number of carbonyl (C=O) groups excluding carboxylic acids is 1. The lowest BCUT2D eigenvalue weighted by Crippen LogP contribution is -2.20. The molecule has 1 aromatic carbocycles. The molecule has 6 nitrogen and oxygen atoms in total. The summed E-state index contributed by atoms with van der Waals surface area (Å²) >= 11 is 0. The summed E-state index contributed by atoms with van der Waals surface area (Å²) in [4.78, 5) is 14.1. The van der Waals surface area contributed by atoms with Gasteiger partial charge in [0.2, 0.25) is 5.91 Å². The Hall–Kier alpha value is -1.89. The van der Waals surface area contributed by atoms with Crippen LogP contribution in [0.1, 0.15) is 44.9 Å². The Morgan fingerprint density at radius 2 is 2.04 bits per heavy atom. The maximum atomic E-state index is 12.5. The van der Waals surface area contributed by atoms with Crippen LogP contribution in [0, 0.1) is 5.92 Å². The first kappa shape index (κ1) is 17.9. The number of sulfonamides is 1. The number of amides is 1. The standard InChI is InChI=1S/C18H25N3O3S/c1-21-11-5-10-17(21)20-25(23,24)16-9-4-8-15(13-16)19-18(22)12-14-6-2-3-7-14/h4,8-9,13-14H,2-3,5-7,10-12H2,1H3,(H,19,22)/b20-17+. The van der Waals surface area contributed by atoms with Crippen LogP contribution in [-0.2, 0) is 14.8 Å². The van der Waals surface area contributed by atoms with E-state index < -0.39 is 10.0 Å². The minimum Gasteiger partial charge on any atom is -0.362 e. The number of amidine groups is 1. The molecule has 1 saturated heterocycles. The van der Waals surface area contributed by atoms with Crippen molar-refractivity contribution in [1.82, 2.24) is 4.90 Å². The third-order valence-corrected chi connectivity index (χ3v) is 6.23. The molecule has 0 atom stereocenters. The summed E-state index contributed by atoms with van der Waals surface area (Å²) in [5.74, 6) is 0.996. The maximum absolute atomic E-state index is 12.5. The molecule has 0 unspecified atom stereocenters. The van der Waals surface area contributed by atoms with Crippen molar-refractivity contribution in [2.75, 3.05) is 18.9 Å². The van der Waals surface area contributed by atoms with Gasteiger partial charge in [0, 0.05) is 32.1 Å². The molecule has 0 radical (unpaired) electrons. The third-order valence-electron chi connectivity index (χ3n) is 4.92. The van der Waals surface area contributed by atoms with Gasteiger partial charge in [-0.3, -0.25) is 4.79 Å². The van der Waals surface area contributed by atoms with Crippen LogP contribution >= 0.6 is 0 Å². The lowest BCUT2D eigenvalue weighted by atomic mass is 10.0. The van der Waals surface area contributed by atoms with Gasteiger partial charge in [-0.15, -0.1) is 4.40 Å². The fraction of sp³-hybridized carbons (Fsp3) is 0.556. The Labute approximate surface area is 149 Å². The molecule has 1 aliphatic carbocycles. The molecule has 0 aromatic heterocycles. The number of carbonyl (C=O) groups is 1. The maximum Gasteiger partial charge on any atom is 0.284 e. The average molecular weight is 363 g/mol. The van der Waals surface area contributed by atoms with E-state index in [4.69, 9.17) is 0 Å². The smallest absolute Gasteiger partial charge is 0.284 e. The van der Waals surface area contributed by atoms with E-state index in [1.54, 1.807) is 12.1 Å². The zero-order valence-electron chi connectivity index (χ0n) is 14.6. The molecule has 1 N–H and O–H groups in total. The van der Waals surface area contributed by atoms with Gasteiger partial charge in [-0.05, 0) is 43.4 Å². The van der Waals surface area contributed by atoms with E-state index in [-0.39, 0.29) is 10.8 Å². The van der Waals surface area contributed by atoms with E-state index in [0.29, 0.717) is 30.3 Å². The van der Waals surface area contributed by atoms with Crippen molar-refractivity contribution in [2.45, 2.75) is 49.8 Å². The fourth-order valence-electron chi connectivity index (χ4n) is 3.52. The van der Waals surface area contributed by atoms with E-state index >= 15 is 0 Å². The van der Waals surface area contributed by atoms with Gasteiger partial charge in [0.05, 0.1) is 4.90 Å². The normalized spacial score (nSPS) is 20.4. The Balaban J connectivity index is 1.71. The van der Waals surface area contributed by atoms with E-state index in [9.17, 15) is 13.2 Å². The van der Waals surface area contributed by atoms with Crippen molar-refractivity contribution < 1.29 is 13.2 Å². The first-order valence-electron chi connectivity index (χ1n) is 8.89.